The highest BCUT2D eigenvalue weighted by molar-refractivity contribution is 6.31. The average molecular weight is 759 g/mol. The number of nitrogens with one attached hydrogen (secondary N) is 3. The minimum Gasteiger partial charge on any atom is -0.394 e. The summed E-state index contributed by atoms with van der Waals surface area (Å²) in [6.45, 7) is 6.77. The van der Waals surface area contributed by atoms with Crippen molar-refractivity contribution in [3.8, 4) is 0 Å². The highest BCUT2D eigenvalue weighted by atomic mass is 35.5. The third-order valence-electron chi connectivity index (χ3n) is 8.63. The number of aliphatic hydroxyl groups is 4. The van der Waals surface area contributed by atoms with E-state index in [1.165, 1.54) is 16.7 Å². The number of unbranched alkanes of at least 4 members (excludes halogenated alkanes) is 3. The van der Waals surface area contributed by atoms with Crippen molar-refractivity contribution in [1.82, 2.24) is 30.8 Å². The maximum absolute atomic E-state index is 12.4. The molecule has 2 amide bonds. The SMILES string of the molecule is CCCCCCN(CCNC(=O)c1ccc(CCNC)cc1)CC(O)C(O)C(O)CO.Cc1ccccc1CCCNC(=O)c1nc(Cl)c(N)nc1N. The molecule has 3 aromatic rings. The number of carbonyl (C=O) groups excluding carboxylic acids is 2. The van der Waals surface area contributed by atoms with Crippen LogP contribution in [0.3, 0.4) is 0 Å². The van der Waals surface area contributed by atoms with E-state index in [1.54, 1.807) is 0 Å². The van der Waals surface area contributed by atoms with Crippen LogP contribution in [-0.4, -0.2) is 118 Å². The maximum atomic E-state index is 12.4. The van der Waals surface area contributed by atoms with Gasteiger partial charge in [-0.25, -0.2) is 9.97 Å². The molecule has 0 aliphatic heterocycles. The molecule has 0 saturated carbocycles. The summed E-state index contributed by atoms with van der Waals surface area (Å²) >= 11 is 5.75. The fourth-order valence-corrected chi connectivity index (χ4v) is 5.51. The van der Waals surface area contributed by atoms with Gasteiger partial charge in [-0.05, 0) is 81.6 Å². The number of carbonyl (C=O) groups is 2. The van der Waals surface area contributed by atoms with Gasteiger partial charge in [0.1, 0.15) is 12.2 Å². The number of hydrogen-bond donors (Lipinski definition) is 9. The Labute approximate surface area is 318 Å². The highest BCUT2D eigenvalue weighted by Gasteiger charge is 2.26. The summed E-state index contributed by atoms with van der Waals surface area (Å²) in [5, 5.41) is 47.4. The third-order valence-corrected chi connectivity index (χ3v) is 8.91. The van der Waals surface area contributed by atoms with E-state index in [0.29, 0.717) is 25.2 Å². The first kappa shape index (κ1) is 45.3. The Morgan fingerprint density at radius 2 is 1.53 bits per heavy atom. The van der Waals surface area contributed by atoms with Crippen LogP contribution in [0.5, 0.6) is 0 Å². The number of amides is 2. The van der Waals surface area contributed by atoms with Crippen LogP contribution in [0.1, 0.15) is 76.6 Å². The molecule has 0 saturated heterocycles. The summed E-state index contributed by atoms with van der Waals surface area (Å²) in [7, 11) is 1.91. The summed E-state index contributed by atoms with van der Waals surface area (Å²) in [4.78, 5) is 34.0. The van der Waals surface area contributed by atoms with Crippen molar-refractivity contribution in [2.75, 3.05) is 64.4 Å². The zero-order valence-electron chi connectivity index (χ0n) is 31.2. The van der Waals surface area contributed by atoms with Gasteiger partial charge < -0.3 is 47.8 Å². The van der Waals surface area contributed by atoms with Crippen LogP contribution in [0.4, 0.5) is 11.6 Å². The molecular formula is C38H59ClN8O6. The molecular weight excluding hydrogens is 700 g/mol. The Hall–Kier alpha value is -3.89. The number of aryl methyl sites for hydroxylation is 2. The molecule has 11 N–H and O–H groups in total. The standard InChI is InChI=1S/C23H41N3O5.C15H18ClN5O/c1-3-4-5-6-14-26(16-20(28)22(30)21(29)17-27)15-13-25-23(31)19-9-7-18(8-10-19)11-12-24-2;1-9-5-2-3-6-10(9)7-4-8-19-15(22)11-13(17)21-14(18)12(16)20-11/h7-10,20-22,24,27-30H,3-6,11-17H2,1-2H3,(H,25,31);2-3,5-6H,4,7-8H2,1H3,(H,19,22)(H4,17,18,21). The van der Waals surface area contributed by atoms with Gasteiger partial charge >= 0.3 is 0 Å². The van der Waals surface area contributed by atoms with Gasteiger partial charge in [0, 0.05) is 31.7 Å². The molecule has 0 aliphatic carbocycles. The second kappa shape index (κ2) is 25.2. The summed E-state index contributed by atoms with van der Waals surface area (Å²) in [6.07, 6.45) is 2.88. The van der Waals surface area contributed by atoms with Crippen LogP contribution < -0.4 is 27.4 Å². The van der Waals surface area contributed by atoms with E-state index in [4.69, 9.17) is 28.2 Å². The summed E-state index contributed by atoms with van der Waals surface area (Å²) in [6, 6.07) is 15.7. The lowest BCUT2D eigenvalue weighted by Crippen LogP contribution is -2.47. The number of benzene rings is 2. The first-order valence-electron chi connectivity index (χ1n) is 18.2. The molecule has 1 aromatic heterocycles. The van der Waals surface area contributed by atoms with Crippen molar-refractivity contribution in [3.63, 3.8) is 0 Å². The monoisotopic (exact) mass is 758 g/mol. The molecule has 0 aliphatic rings. The van der Waals surface area contributed by atoms with Gasteiger partial charge in [-0.1, -0.05) is 74.2 Å². The molecule has 3 atom stereocenters. The normalized spacial score (nSPS) is 12.8. The number of likely N-dealkylation sites (N-methyl/N-ethyl adjacent to an activating group) is 1. The van der Waals surface area contributed by atoms with Gasteiger partial charge in [-0.3, -0.25) is 14.5 Å². The molecule has 294 valence electrons. The Bertz CT molecular complexity index is 1520. The van der Waals surface area contributed by atoms with Crippen LogP contribution in [0, 0.1) is 6.92 Å². The topological polar surface area (TPSA) is 232 Å². The Morgan fingerprint density at radius 3 is 2.19 bits per heavy atom. The Morgan fingerprint density at radius 1 is 0.830 bits per heavy atom. The van der Waals surface area contributed by atoms with E-state index in [0.717, 1.165) is 58.0 Å². The molecule has 3 unspecified atom stereocenters. The second-order valence-electron chi connectivity index (χ2n) is 12.9. The molecule has 0 radical (unpaired) electrons. The van der Waals surface area contributed by atoms with Crippen LogP contribution in [0.2, 0.25) is 5.15 Å². The lowest BCUT2D eigenvalue weighted by atomic mass is 10.0. The van der Waals surface area contributed by atoms with Crippen molar-refractivity contribution in [2.24, 2.45) is 0 Å². The van der Waals surface area contributed by atoms with Gasteiger partial charge in [-0.15, -0.1) is 0 Å². The number of aromatic nitrogens is 2. The molecule has 0 fully saturated rings. The lowest BCUT2D eigenvalue weighted by Gasteiger charge is -2.29. The average Bonchev–Trinajstić information content (AvgIpc) is 3.15. The molecule has 15 heteroatoms. The van der Waals surface area contributed by atoms with Crippen LogP contribution in [0.25, 0.3) is 0 Å². The molecule has 0 spiro atoms. The predicted octanol–water partition coefficient (Wildman–Crippen LogP) is 2.10. The Balaban J connectivity index is 0.000000387. The number of nitrogen functional groups attached to an aromatic ring is 2. The van der Waals surface area contributed by atoms with E-state index in [9.17, 15) is 24.9 Å². The van der Waals surface area contributed by atoms with Gasteiger partial charge in [0.2, 0.25) is 0 Å². The Kier molecular flexibility index (Phi) is 21.5. The zero-order chi connectivity index (χ0) is 39.2. The number of aliphatic hydroxyl groups excluding tert-OH is 4. The summed E-state index contributed by atoms with van der Waals surface area (Å²) in [5.41, 5.74) is 15.4. The van der Waals surface area contributed by atoms with E-state index in [-0.39, 0.29) is 34.9 Å². The zero-order valence-corrected chi connectivity index (χ0v) is 32.0. The van der Waals surface area contributed by atoms with Crippen molar-refractivity contribution in [1.29, 1.82) is 0 Å². The molecule has 2 aromatic carbocycles. The van der Waals surface area contributed by atoms with Gasteiger partial charge in [0.25, 0.3) is 11.8 Å². The van der Waals surface area contributed by atoms with Crippen LogP contribution in [-0.2, 0) is 12.8 Å². The second-order valence-corrected chi connectivity index (χ2v) is 13.3. The number of rotatable bonds is 22. The fourth-order valence-electron chi connectivity index (χ4n) is 5.38. The lowest BCUT2D eigenvalue weighted by molar-refractivity contribution is -0.0840. The number of anilines is 2. The predicted molar refractivity (Wildman–Crippen MR) is 210 cm³/mol. The van der Waals surface area contributed by atoms with E-state index in [2.05, 4.69) is 51.9 Å². The van der Waals surface area contributed by atoms with Gasteiger partial charge in [0.05, 0.1) is 12.7 Å². The van der Waals surface area contributed by atoms with Crippen molar-refractivity contribution >= 4 is 35.1 Å². The van der Waals surface area contributed by atoms with Crippen molar-refractivity contribution < 1.29 is 30.0 Å². The van der Waals surface area contributed by atoms with E-state index >= 15 is 0 Å². The quantitative estimate of drug-likeness (QED) is 0.0671. The highest BCUT2D eigenvalue weighted by Crippen LogP contribution is 2.17. The first-order valence-corrected chi connectivity index (χ1v) is 18.6. The first-order chi connectivity index (χ1) is 25.4. The summed E-state index contributed by atoms with van der Waals surface area (Å²) < 4.78 is 0. The van der Waals surface area contributed by atoms with Gasteiger partial charge in [-0.2, -0.15) is 0 Å². The molecule has 1 heterocycles. The van der Waals surface area contributed by atoms with E-state index < -0.39 is 30.8 Å². The molecule has 0 bridgehead atoms. The van der Waals surface area contributed by atoms with Crippen LogP contribution >= 0.6 is 11.6 Å². The minimum atomic E-state index is -1.42. The number of hydrogen-bond acceptors (Lipinski definition) is 12. The van der Waals surface area contributed by atoms with E-state index in [1.807, 2.05) is 48.3 Å². The molecule has 3 rings (SSSR count). The van der Waals surface area contributed by atoms with Gasteiger partial charge in [0.15, 0.2) is 22.5 Å². The smallest absolute Gasteiger partial charge is 0.273 e. The molecule has 53 heavy (non-hydrogen) atoms. The summed E-state index contributed by atoms with van der Waals surface area (Å²) in [5.74, 6) is -0.576. The minimum absolute atomic E-state index is 0.00454. The fraction of sp³-hybridized carbons (Fsp3) is 0.526. The number of halogens is 1. The number of nitrogens with zero attached hydrogens (tertiary/aromatic N) is 3. The maximum Gasteiger partial charge on any atom is 0.273 e. The van der Waals surface area contributed by atoms with Crippen LogP contribution in [0.15, 0.2) is 48.5 Å². The third kappa shape index (κ3) is 16.8. The van der Waals surface area contributed by atoms with Crippen molar-refractivity contribution in [2.45, 2.75) is 77.1 Å². The molecule has 14 nitrogen and oxygen atoms in total. The number of nitrogens with two attached hydrogens (primary N) is 2. The van der Waals surface area contributed by atoms with Crippen molar-refractivity contribution in [3.05, 3.63) is 81.6 Å². The largest absolute Gasteiger partial charge is 0.394 e.